The second kappa shape index (κ2) is 11.9. The van der Waals surface area contributed by atoms with Crippen molar-refractivity contribution in [2.75, 3.05) is 26.2 Å². The van der Waals surface area contributed by atoms with Crippen LogP contribution in [-0.2, 0) is 11.2 Å². The van der Waals surface area contributed by atoms with Crippen LogP contribution in [0.4, 0.5) is 8.78 Å². The van der Waals surface area contributed by atoms with Crippen molar-refractivity contribution >= 4 is 28.8 Å². The first-order valence-electron chi connectivity index (χ1n) is 10.8. The van der Waals surface area contributed by atoms with Crippen LogP contribution in [0.1, 0.15) is 30.9 Å². The van der Waals surface area contributed by atoms with E-state index in [4.69, 9.17) is 16.6 Å². The first-order chi connectivity index (χ1) is 15.5. The predicted molar refractivity (Wildman–Crippen MR) is 126 cm³/mol. The highest BCUT2D eigenvalue weighted by Crippen LogP contribution is 2.34. The minimum absolute atomic E-state index is 0.000938. The van der Waals surface area contributed by atoms with Crippen LogP contribution in [0.5, 0.6) is 0 Å². The molecule has 2 heterocycles. The zero-order valence-electron chi connectivity index (χ0n) is 18.1. The third-order valence-corrected chi connectivity index (χ3v) is 5.94. The SMILES string of the molecule is CC(=O)NCCc1ccccc1C1=C(Cl)C([C@@H]2CCCNC2)=NC1.Fc1ccccc1F. The van der Waals surface area contributed by atoms with Crippen molar-refractivity contribution in [1.29, 1.82) is 0 Å². The van der Waals surface area contributed by atoms with Gasteiger partial charge in [0.05, 0.1) is 17.3 Å². The van der Waals surface area contributed by atoms with Crippen LogP contribution in [0.3, 0.4) is 0 Å². The Hall–Kier alpha value is -2.57. The second-order valence-electron chi connectivity index (χ2n) is 7.84. The number of hydrogen-bond acceptors (Lipinski definition) is 3. The van der Waals surface area contributed by atoms with Crippen molar-refractivity contribution in [3.63, 3.8) is 0 Å². The molecule has 4 rings (SSSR count). The van der Waals surface area contributed by atoms with Gasteiger partial charge in [0.1, 0.15) is 0 Å². The summed E-state index contributed by atoms with van der Waals surface area (Å²) in [6, 6.07) is 13.3. The number of piperidine rings is 1. The molecule has 0 spiro atoms. The van der Waals surface area contributed by atoms with E-state index in [2.05, 4.69) is 22.8 Å². The third kappa shape index (κ3) is 6.47. The van der Waals surface area contributed by atoms with Gasteiger partial charge >= 0.3 is 0 Å². The van der Waals surface area contributed by atoms with Crippen molar-refractivity contribution in [2.24, 2.45) is 10.9 Å². The summed E-state index contributed by atoms with van der Waals surface area (Å²) in [6.45, 7) is 4.89. The summed E-state index contributed by atoms with van der Waals surface area (Å²) in [5.41, 5.74) is 4.55. The minimum atomic E-state index is -0.799. The molecular formula is C25H28ClF2N3O. The summed E-state index contributed by atoms with van der Waals surface area (Å²) in [7, 11) is 0. The number of carbonyl (C=O) groups excluding carboxylic acids is 1. The van der Waals surface area contributed by atoms with Crippen LogP contribution >= 0.6 is 11.6 Å². The van der Waals surface area contributed by atoms with Gasteiger partial charge in [0, 0.05) is 31.5 Å². The smallest absolute Gasteiger partial charge is 0.216 e. The van der Waals surface area contributed by atoms with Crippen molar-refractivity contribution in [3.8, 4) is 0 Å². The fourth-order valence-corrected chi connectivity index (χ4v) is 4.28. The summed E-state index contributed by atoms with van der Waals surface area (Å²) in [4.78, 5) is 15.8. The molecule has 0 radical (unpaired) electrons. The van der Waals surface area contributed by atoms with Crippen LogP contribution in [0.2, 0.25) is 0 Å². The molecule has 1 saturated heterocycles. The maximum atomic E-state index is 11.9. The van der Waals surface area contributed by atoms with Gasteiger partial charge < -0.3 is 10.6 Å². The first kappa shape index (κ1) is 24.1. The molecule has 2 aromatic carbocycles. The molecule has 4 nitrogen and oxygen atoms in total. The fourth-order valence-electron chi connectivity index (χ4n) is 3.90. The van der Waals surface area contributed by atoms with Crippen molar-refractivity contribution in [1.82, 2.24) is 10.6 Å². The zero-order chi connectivity index (χ0) is 22.9. The van der Waals surface area contributed by atoms with Crippen molar-refractivity contribution in [3.05, 3.63) is 76.3 Å². The van der Waals surface area contributed by atoms with E-state index in [1.807, 2.05) is 12.1 Å². The molecular weight excluding hydrogens is 432 g/mol. The summed E-state index contributed by atoms with van der Waals surface area (Å²) >= 11 is 6.72. The number of allylic oxidation sites excluding steroid dienone is 1. The highest BCUT2D eigenvalue weighted by molar-refractivity contribution is 6.48. The quantitative estimate of drug-likeness (QED) is 0.679. The number of nitrogens with zero attached hydrogens (tertiary/aromatic N) is 1. The first-order valence-corrected chi connectivity index (χ1v) is 11.2. The fraction of sp³-hybridized carbons (Fsp3) is 0.360. The number of nitrogens with one attached hydrogen (secondary N) is 2. The lowest BCUT2D eigenvalue weighted by atomic mass is 9.92. The van der Waals surface area contributed by atoms with Crippen LogP contribution < -0.4 is 10.6 Å². The molecule has 2 aliphatic rings. The molecule has 1 amide bonds. The van der Waals surface area contributed by atoms with Crippen LogP contribution in [0.15, 0.2) is 58.6 Å². The Bertz CT molecular complexity index is 979. The molecule has 7 heteroatoms. The molecule has 0 bridgehead atoms. The standard InChI is InChI=1S/C19H24ClN3O.C6H4F2/c1-13(24)22-10-8-14-5-2-3-7-16(14)17-12-23-19(18(17)20)15-6-4-9-21-11-15;7-5-3-1-2-4-6(5)8/h2-3,5,7,15,21H,4,6,8-12H2,1H3,(H,22,24);1-4H/t15-;/m1./s1. The molecule has 2 aliphatic heterocycles. The molecule has 0 aliphatic carbocycles. The van der Waals surface area contributed by atoms with E-state index in [-0.39, 0.29) is 5.91 Å². The minimum Gasteiger partial charge on any atom is -0.356 e. The predicted octanol–water partition coefficient (Wildman–Crippen LogP) is 4.73. The summed E-state index contributed by atoms with van der Waals surface area (Å²) < 4.78 is 23.9. The molecule has 0 unspecified atom stereocenters. The number of aliphatic imine (C=N–C) groups is 1. The van der Waals surface area contributed by atoms with Gasteiger partial charge in [0.15, 0.2) is 11.6 Å². The van der Waals surface area contributed by atoms with E-state index in [9.17, 15) is 13.6 Å². The van der Waals surface area contributed by atoms with E-state index in [1.54, 1.807) is 6.92 Å². The van der Waals surface area contributed by atoms with Gasteiger partial charge in [-0.25, -0.2) is 8.78 Å². The number of rotatable bonds is 5. The Morgan fingerprint density at radius 3 is 2.47 bits per heavy atom. The number of halogens is 3. The Morgan fingerprint density at radius 1 is 1.16 bits per heavy atom. The van der Waals surface area contributed by atoms with Gasteiger partial charge in [-0.15, -0.1) is 0 Å². The lowest BCUT2D eigenvalue weighted by molar-refractivity contribution is -0.118. The Kier molecular flexibility index (Phi) is 8.94. The van der Waals surface area contributed by atoms with E-state index >= 15 is 0 Å². The average molecular weight is 460 g/mol. The van der Waals surface area contributed by atoms with Gasteiger partial charge in [-0.2, -0.15) is 0 Å². The van der Waals surface area contributed by atoms with Gasteiger partial charge in [-0.05, 0) is 49.1 Å². The molecule has 2 N–H and O–H groups in total. The Labute approximate surface area is 192 Å². The van der Waals surface area contributed by atoms with Crippen LogP contribution in [0.25, 0.3) is 5.57 Å². The monoisotopic (exact) mass is 459 g/mol. The van der Waals surface area contributed by atoms with Gasteiger partial charge in [-0.3, -0.25) is 9.79 Å². The van der Waals surface area contributed by atoms with E-state index in [0.29, 0.717) is 19.0 Å². The molecule has 2 aromatic rings. The van der Waals surface area contributed by atoms with E-state index < -0.39 is 11.6 Å². The summed E-state index contributed by atoms with van der Waals surface area (Å²) in [5.74, 6) is -1.17. The highest BCUT2D eigenvalue weighted by atomic mass is 35.5. The average Bonchev–Trinajstić information content (AvgIpc) is 3.18. The molecule has 0 saturated carbocycles. The van der Waals surface area contributed by atoms with Crippen molar-refractivity contribution < 1.29 is 13.6 Å². The lowest BCUT2D eigenvalue weighted by Crippen LogP contribution is -2.34. The van der Waals surface area contributed by atoms with E-state index in [0.717, 1.165) is 59.9 Å². The van der Waals surface area contributed by atoms with Crippen LogP contribution in [-0.4, -0.2) is 37.8 Å². The number of benzene rings is 2. The molecule has 170 valence electrons. The maximum Gasteiger partial charge on any atom is 0.216 e. The van der Waals surface area contributed by atoms with Gasteiger partial charge in [0.2, 0.25) is 5.91 Å². The third-order valence-electron chi connectivity index (χ3n) is 5.52. The maximum absolute atomic E-state index is 11.9. The normalized spacial score (nSPS) is 18.0. The summed E-state index contributed by atoms with van der Waals surface area (Å²) in [6.07, 6.45) is 3.12. The molecule has 1 fully saturated rings. The van der Waals surface area contributed by atoms with Gasteiger partial charge in [-0.1, -0.05) is 48.0 Å². The highest BCUT2D eigenvalue weighted by Gasteiger charge is 2.27. The number of amides is 1. The lowest BCUT2D eigenvalue weighted by Gasteiger charge is -2.23. The van der Waals surface area contributed by atoms with E-state index in [1.165, 1.54) is 24.1 Å². The Morgan fingerprint density at radius 2 is 1.84 bits per heavy atom. The molecule has 0 aromatic heterocycles. The summed E-state index contributed by atoms with van der Waals surface area (Å²) in [5, 5.41) is 7.12. The Balaban J connectivity index is 0.000000305. The second-order valence-corrected chi connectivity index (χ2v) is 8.22. The largest absolute Gasteiger partial charge is 0.356 e. The van der Waals surface area contributed by atoms with Gasteiger partial charge in [0.25, 0.3) is 0 Å². The molecule has 32 heavy (non-hydrogen) atoms. The van der Waals surface area contributed by atoms with Crippen molar-refractivity contribution in [2.45, 2.75) is 26.2 Å². The topological polar surface area (TPSA) is 53.5 Å². The number of hydrogen-bond donors (Lipinski definition) is 2. The number of carbonyl (C=O) groups is 1. The van der Waals surface area contributed by atoms with Crippen LogP contribution in [0, 0.1) is 17.6 Å². The molecule has 1 atom stereocenters. The zero-order valence-corrected chi connectivity index (χ0v) is 18.9.